The summed E-state index contributed by atoms with van der Waals surface area (Å²) in [6, 6.07) is 5.23. The number of halogens is 3. The smallest absolute Gasteiger partial charge is 0.392 e. The first kappa shape index (κ1) is 15.3. The summed E-state index contributed by atoms with van der Waals surface area (Å²) in [5.41, 5.74) is -0.338. The molecular formula is C15H20F3NO. The molecule has 2 rings (SSSR count). The quantitative estimate of drug-likeness (QED) is 0.895. The number of rotatable bonds is 3. The second kappa shape index (κ2) is 5.74. The third-order valence-corrected chi connectivity index (χ3v) is 4.27. The average molecular weight is 287 g/mol. The molecule has 1 aliphatic carbocycles. The third-order valence-electron chi connectivity index (χ3n) is 4.27. The van der Waals surface area contributed by atoms with E-state index < -0.39 is 23.3 Å². The van der Waals surface area contributed by atoms with Crippen molar-refractivity contribution >= 4 is 0 Å². The van der Waals surface area contributed by atoms with E-state index in [0.717, 1.165) is 37.0 Å². The molecule has 1 aromatic carbocycles. The molecule has 0 saturated heterocycles. The van der Waals surface area contributed by atoms with E-state index in [2.05, 4.69) is 5.32 Å². The van der Waals surface area contributed by atoms with Crippen molar-refractivity contribution in [3.8, 4) is 0 Å². The second-order valence-corrected chi connectivity index (χ2v) is 5.52. The fraction of sp³-hybridized carbons (Fsp3) is 0.600. The summed E-state index contributed by atoms with van der Waals surface area (Å²) < 4.78 is 37.9. The Labute approximate surface area is 117 Å². The number of likely N-dealkylation sites (N-methyl/N-ethyl adjacent to an activating group) is 1. The lowest BCUT2D eigenvalue weighted by Crippen LogP contribution is -2.48. The molecule has 20 heavy (non-hydrogen) atoms. The number of alkyl halides is 3. The van der Waals surface area contributed by atoms with Crippen LogP contribution < -0.4 is 5.32 Å². The summed E-state index contributed by atoms with van der Waals surface area (Å²) >= 11 is 0. The molecule has 1 aliphatic rings. The minimum Gasteiger partial charge on any atom is -0.392 e. The summed E-state index contributed by atoms with van der Waals surface area (Å²) in [4.78, 5) is 0. The van der Waals surface area contributed by atoms with Gasteiger partial charge in [0.1, 0.15) is 0 Å². The van der Waals surface area contributed by atoms with Crippen LogP contribution in [-0.2, 0) is 11.6 Å². The van der Waals surface area contributed by atoms with Crippen molar-refractivity contribution < 1.29 is 18.3 Å². The standard InChI is InChI=1S/C15H20F3NO/c1-19-10-14(9-3-2-4-13(14)20)11-5-7-12(8-6-11)15(16,17)18/h5-8,13,19-20H,2-4,9-10H2,1H3/t13-,14-/m0/s1. The molecule has 0 amide bonds. The van der Waals surface area contributed by atoms with Gasteiger partial charge in [0.25, 0.3) is 0 Å². The van der Waals surface area contributed by atoms with Gasteiger partial charge >= 0.3 is 6.18 Å². The van der Waals surface area contributed by atoms with E-state index in [1.165, 1.54) is 12.1 Å². The highest BCUT2D eigenvalue weighted by Gasteiger charge is 2.41. The van der Waals surface area contributed by atoms with Gasteiger partial charge in [0.2, 0.25) is 0 Å². The van der Waals surface area contributed by atoms with Gasteiger partial charge in [-0.2, -0.15) is 13.2 Å². The van der Waals surface area contributed by atoms with Crippen LogP contribution in [0, 0.1) is 0 Å². The van der Waals surface area contributed by atoms with Crippen LogP contribution >= 0.6 is 0 Å². The summed E-state index contributed by atoms with van der Waals surface area (Å²) in [5, 5.41) is 13.4. The van der Waals surface area contributed by atoms with E-state index >= 15 is 0 Å². The van der Waals surface area contributed by atoms with Crippen LogP contribution in [0.25, 0.3) is 0 Å². The molecule has 1 saturated carbocycles. The van der Waals surface area contributed by atoms with Crippen molar-refractivity contribution in [1.29, 1.82) is 0 Å². The van der Waals surface area contributed by atoms with Crippen LogP contribution in [-0.4, -0.2) is 24.8 Å². The third kappa shape index (κ3) is 2.83. The Morgan fingerprint density at radius 1 is 1.25 bits per heavy atom. The first-order chi connectivity index (χ1) is 9.40. The summed E-state index contributed by atoms with van der Waals surface area (Å²) in [5.74, 6) is 0. The molecule has 0 unspecified atom stereocenters. The maximum absolute atomic E-state index is 12.6. The fourth-order valence-corrected chi connectivity index (χ4v) is 3.17. The highest BCUT2D eigenvalue weighted by atomic mass is 19.4. The lowest BCUT2D eigenvalue weighted by Gasteiger charge is -2.42. The zero-order chi connectivity index (χ0) is 14.8. The molecule has 5 heteroatoms. The van der Waals surface area contributed by atoms with Gasteiger partial charge in [0.05, 0.1) is 11.7 Å². The van der Waals surface area contributed by atoms with Gasteiger partial charge in [-0.3, -0.25) is 0 Å². The van der Waals surface area contributed by atoms with Crippen molar-refractivity contribution in [2.24, 2.45) is 0 Å². The molecule has 1 fully saturated rings. The number of benzene rings is 1. The minimum atomic E-state index is -4.32. The Morgan fingerprint density at radius 2 is 1.90 bits per heavy atom. The zero-order valence-electron chi connectivity index (χ0n) is 11.5. The Hall–Kier alpha value is -1.07. The minimum absolute atomic E-state index is 0.475. The van der Waals surface area contributed by atoms with Gasteiger partial charge in [0, 0.05) is 12.0 Å². The van der Waals surface area contributed by atoms with Crippen LogP contribution in [0.2, 0.25) is 0 Å². The SMILES string of the molecule is CNC[C@]1(c2ccc(C(F)(F)F)cc2)CCCC[C@@H]1O. The monoisotopic (exact) mass is 287 g/mol. The van der Waals surface area contributed by atoms with E-state index in [1.54, 1.807) is 7.05 Å². The van der Waals surface area contributed by atoms with Crippen molar-refractivity contribution in [3.05, 3.63) is 35.4 Å². The fourth-order valence-electron chi connectivity index (χ4n) is 3.17. The molecule has 0 aromatic heterocycles. The number of aliphatic hydroxyl groups is 1. The molecule has 0 bridgehead atoms. The van der Waals surface area contributed by atoms with E-state index in [4.69, 9.17) is 0 Å². The van der Waals surface area contributed by atoms with Crippen LogP contribution in [0.5, 0.6) is 0 Å². The molecule has 2 N–H and O–H groups in total. The van der Waals surface area contributed by atoms with Gasteiger partial charge in [-0.05, 0) is 37.6 Å². The Bertz CT molecular complexity index is 439. The number of hydrogen-bond donors (Lipinski definition) is 2. The molecule has 0 spiro atoms. The molecule has 0 aliphatic heterocycles. The van der Waals surface area contributed by atoms with Crippen LogP contribution in [0.1, 0.15) is 36.8 Å². The Kier molecular flexibility index (Phi) is 4.39. The lowest BCUT2D eigenvalue weighted by molar-refractivity contribution is -0.137. The van der Waals surface area contributed by atoms with Gasteiger partial charge in [-0.1, -0.05) is 25.0 Å². The highest BCUT2D eigenvalue weighted by molar-refractivity contribution is 5.33. The van der Waals surface area contributed by atoms with E-state index in [-0.39, 0.29) is 0 Å². The number of aliphatic hydroxyl groups excluding tert-OH is 1. The van der Waals surface area contributed by atoms with Gasteiger partial charge < -0.3 is 10.4 Å². The first-order valence-corrected chi connectivity index (χ1v) is 6.90. The van der Waals surface area contributed by atoms with E-state index in [9.17, 15) is 18.3 Å². The van der Waals surface area contributed by atoms with Gasteiger partial charge in [0.15, 0.2) is 0 Å². The van der Waals surface area contributed by atoms with Gasteiger partial charge in [-0.15, -0.1) is 0 Å². The van der Waals surface area contributed by atoms with Crippen LogP contribution in [0.15, 0.2) is 24.3 Å². The van der Waals surface area contributed by atoms with E-state index in [1.807, 2.05) is 0 Å². The molecule has 0 heterocycles. The normalized spacial score (nSPS) is 27.6. The van der Waals surface area contributed by atoms with Crippen molar-refractivity contribution in [2.45, 2.75) is 43.4 Å². The van der Waals surface area contributed by atoms with Crippen molar-refractivity contribution in [1.82, 2.24) is 5.32 Å². The second-order valence-electron chi connectivity index (χ2n) is 5.52. The summed E-state index contributed by atoms with van der Waals surface area (Å²) in [6.45, 7) is 0.569. The molecule has 2 nitrogen and oxygen atoms in total. The lowest BCUT2D eigenvalue weighted by atomic mass is 9.67. The summed E-state index contributed by atoms with van der Waals surface area (Å²) in [6.07, 6.45) is -1.39. The summed E-state index contributed by atoms with van der Waals surface area (Å²) in [7, 11) is 1.80. The predicted octanol–water partition coefficient (Wildman–Crippen LogP) is 3.10. The van der Waals surface area contributed by atoms with Crippen LogP contribution in [0.4, 0.5) is 13.2 Å². The largest absolute Gasteiger partial charge is 0.416 e. The molecular weight excluding hydrogens is 267 g/mol. The topological polar surface area (TPSA) is 32.3 Å². The highest BCUT2D eigenvalue weighted by Crippen LogP contribution is 2.40. The van der Waals surface area contributed by atoms with Crippen molar-refractivity contribution in [3.63, 3.8) is 0 Å². The van der Waals surface area contributed by atoms with E-state index in [0.29, 0.717) is 13.0 Å². The number of nitrogens with one attached hydrogen (secondary N) is 1. The molecule has 112 valence electrons. The predicted molar refractivity (Wildman–Crippen MR) is 71.5 cm³/mol. The van der Waals surface area contributed by atoms with Crippen LogP contribution in [0.3, 0.4) is 0 Å². The Morgan fingerprint density at radius 3 is 2.40 bits per heavy atom. The maximum Gasteiger partial charge on any atom is 0.416 e. The van der Waals surface area contributed by atoms with Gasteiger partial charge in [-0.25, -0.2) is 0 Å². The molecule has 0 radical (unpaired) electrons. The first-order valence-electron chi connectivity index (χ1n) is 6.90. The average Bonchev–Trinajstić information content (AvgIpc) is 2.41. The number of hydrogen-bond acceptors (Lipinski definition) is 2. The Balaban J connectivity index is 2.34. The zero-order valence-corrected chi connectivity index (χ0v) is 11.5. The maximum atomic E-state index is 12.6. The van der Waals surface area contributed by atoms with Crippen molar-refractivity contribution in [2.75, 3.05) is 13.6 Å². The molecule has 2 atom stereocenters. The molecule has 1 aromatic rings.